The minimum absolute atomic E-state index is 0.0538. The molecule has 1 saturated heterocycles. The third-order valence-electron chi connectivity index (χ3n) is 5.98. The maximum atomic E-state index is 13.8. The first kappa shape index (κ1) is 21.7. The van der Waals surface area contributed by atoms with E-state index in [-0.39, 0.29) is 29.7 Å². The first-order valence-electron chi connectivity index (χ1n) is 11.0. The lowest BCUT2D eigenvalue weighted by molar-refractivity contribution is -0.125. The molecule has 1 N–H and O–H groups in total. The maximum absolute atomic E-state index is 13.8. The van der Waals surface area contributed by atoms with Crippen LogP contribution in [0.1, 0.15) is 30.9 Å². The van der Waals surface area contributed by atoms with Gasteiger partial charge in [-0.15, -0.1) is 5.10 Å². The second kappa shape index (κ2) is 9.77. The smallest absolute Gasteiger partial charge is 0.271 e. The van der Waals surface area contributed by atoms with Crippen molar-refractivity contribution in [1.82, 2.24) is 15.1 Å². The predicted molar refractivity (Wildman–Crippen MR) is 122 cm³/mol. The largest absolute Gasteiger partial charge is 0.355 e. The zero-order chi connectivity index (χ0) is 22.5. The number of carbonyl (C=O) groups is 1. The highest BCUT2D eigenvalue weighted by atomic mass is 19.1. The second-order valence-corrected chi connectivity index (χ2v) is 8.03. The molecule has 166 valence electrons. The fourth-order valence-corrected chi connectivity index (χ4v) is 3.97. The zero-order valence-electron chi connectivity index (χ0n) is 18.1. The van der Waals surface area contributed by atoms with E-state index in [1.807, 2.05) is 24.3 Å². The molecule has 0 unspecified atom stereocenters. The number of rotatable bonds is 6. The van der Waals surface area contributed by atoms with Crippen LogP contribution in [0.2, 0.25) is 0 Å². The Morgan fingerprint density at radius 3 is 2.47 bits per heavy atom. The van der Waals surface area contributed by atoms with E-state index in [4.69, 9.17) is 0 Å². The van der Waals surface area contributed by atoms with Gasteiger partial charge in [0.05, 0.1) is 5.69 Å². The average Bonchev–Trinajstić information content (AvgIpc) is 2.84. The number of nitrogens with one attached hydrogen (secondary N) is 1. The number of piperidine rings is 1. The van der Waals surface area contributed by atoms with Gasteiger partial charge in [-0.3, -0.25) is 9.59 Å². The quantitative estimate of drug-likeness (QED) is 0.645. The molecule has 3 aromatic rings. The molecule has 1 aliphatic rings. The molecule has 0 aliphatic carbocycles. The Balaban J connectivity index is 1.38. The molecule has 2 aromatic carbocycles. The van der Waals surface area contributed by atoms with E-state index in [2.05, 4.69) is 22.2 Å². The molecule has 1 amide bonds. The number of nitrogens with zero attached hydrogens (tertiary/aromatic N) is 3. The van der Waals surface area contributed by atoms with Crippen LogP contribution in [0.4, 0.5) is 10.2 Å². The van der Waals surface area contributed by atoms with Crippen LogP contribution in [-0.2, 0) is 17.8 Å². The fourth-order valence-electron chi connectivity index (χ4n) is 3.97. The van der Waals surface area contributed by atoms with Gasteiger partial charge < -0.3 is 10.2 Å². The summed E-state index contributed by atoms with van der Waals surface area (Å²) in [6.07, 6.45) is 2.29. The summed E-state index contributed by atoms with van der Waals surface area (Å²) in [6, 6.07) is 17.5. The SMILES string of the molecule is CCc1ccc(-n2nc(N3CCC(C(=O)NCc4ccccc4F)CC3)ccc2=O)cc1. The van der Waals surface area contributed by atoms with Crippen LogP contribution >= 0.6 is 0 Å². The Kier molecular flexibility index (Phi) is 6.63. The Hall–Kier alpha value is -3.48. The Morgan fingerprint density at radius 2 is 1.78 bits per heavy atom. The van der Waals surface area contributed by atoms with E-state index < -0.39 is 0 Å². The van der Waals surface area contributed by atoms with Crippen molar-refractivity contribution in [3.63, 3.8) is 0 Å². The van der Waals surface area contributed by atoms with Gasteiger partial charge >= 0.3 is 0 Å². The maximum Gasteiger partial charge on any atom is 0.271 e. The lowest BCUT2D eigenvalue weighted by Gasteiger charge is -2.32. The highest BCUT2D eigenvalue weighted by molar-refractivity contribution is 5.79. The minimum Gasteiger partial charge on any atom is -0.355 e. The number of aryl methyl sites for hydroxylation is 1. The van der Waals surface area contributed by atoms with Crippen LogP contribution in [0.5, 0.6) is 0 Å². The van der Waals surface area contributed by atoms with E-state index in [0.717, 1.165) is 17.9 Å². The highest BCUT2D eigenvalue weighted by Crippen LogP contribution is 2.22. The summed E-state index contributed by atoms with van der Waals surface area (Å²) in [5, 5.41) is 7.42. The van der Waals surface area contributed by atoms with Gasteiger partial charge in [0.1, 0.15) is 11.6 Å². The number of benzene rings is 2. The molecule has 1 fully saturated rings. The van der Waals surface area contributed by atoms with Gasteiger partial charge in [-0.1, -0.05) is 37.3 Å². The molecule has 0 bridgehead atoms. The molecule has 7 heteroatoms. The van der Waals surface area contributed by atoms with Crippen molar-refractivity contribution in [3.05, 3.63) is 88.0 Å². The molecule has 6 nitrogen and oxygen atoms in total. The van der Waals surface area contributed by atoms with Crippen LogP contribution in [0, 0.1) is 11.7 Å². The molecule has 2 heterocycles. The molecule has 32 heavy (non-hydrogen) atoms. The molecule has 0 saturated carbocycles. The van der Waals surface area contributed by atoms with Crippen LogP contribution in [0.15, 0.2) is 65.5 Å². The third kappa shape index (κ3) is 4.88. The molecule has 1 aliphatic heterocycles. The van der Waals surface area contributed by atoms with Crippen LogP contribution in [-0.4, -0.2) is 28.8 Å². The molecule has 0 atom stereocenters. The number of halogens is 1. The van der Waals surface area contributed by atoms with Crippen molar-refractivity contribution in [2.75, 3.05) is 18.0 Å². The van der Waals surface area contributed by atoms with Crippen LogP contribution in [0.3, 0.4) is 0 Å². The van der Waals surface area contributed by atoms with E-state index >= 15 is 0 Å². The average molecular weight is 435 g/mol. The molecule has 0 spiro atoms. The minimum atomic E-state index is -0.312. The lowest BCUT2D eigenvalue weighted by Crippen LogP contribution is -2.41. The van der Waals surface area contributed by atoms with Gasteiger partial charge in [0.2, 0.25) is 5.91 Å². The van der Waals surface area contributed by atoms with E-state index in [9.17, 15) is 14.0 Å². The van der Waals surface area contributed by atoms with E-state index in [0.29, 0.717) is 31.5 Å². The summed E-state index contributed by atoms with van der Waals surface area (Å²) < 4.78 is 15.2. The van der Waals surface area contributed by atoms with Crippen molar-refractivity contribution < 1.29 is 9.18 Å². The molecular weight excluding hydrogens is 407 g/mol. The van der Waals surface area contributed by atoms with Gasteiger partial charge in [-0.25, -0.2) is 4.39 Å². The van der Waals surface area contributed by atoms with Crippen molar-refractivity contribution in [2.45, 2.75) is 32.7 Å². The first-order valence-corrected chi connectivity index (χ1v) is 11.0. The molecule has 0 radical (unpaired) electrons. The Morgan fingerprint density at radius 1 is 1.06 bits per heavy atom. The van der Waals surface area contributed by atoms with Gasteiger partial charge in [-0.05, 0) is 49.1 Å². The van der Waals surface area contributed by atoms with Gasteiger partial charge in [0.15, 0.2) is 0 Å². The summed E-state index contributed by atoms with van der Waals surface area (Å²) in [5.41, 5.74) is 2.24. The number of hydrogen-bond donors (Lipinski definition) is 1. The van der Waals surface area contributed by atoms with E-state index in [1.54, 1.807) is 24.3 Å². The van der Waals surface area contributed by atoms with E-state index in [1.165, 1.54) is 22.4 Å². The Bertz CT molecular complexity index is 1140. The Labute approximate surface area is 186 Å². The van der Waals surface area contributed by atoms with Gasteiger partial charge in [0, 0.05) is 37.2 Å². The summed E-state index contributed by atoms with van der Waals surface area (Å²) in [5.74, 6) is 0.231. The predicted octanol–water partition coefficient (Wildman–Crippen LogP) is 3.47. The number of anilines is 1. The van der Waals surface area contributed by atoms with Crippen molar-refractivity contribution >= 4 is 11.7 Å². The monoisotopic (exact) mass is 434 g/mol. The summed E-state index contributed by atoms with van der Waals surface area (Å²) in [7, 11) is 0. The summed E-state index contributed by atoms with van der Waals surface area (Å²) >= 11 is 0. The zero-order valence-corrected chi connectivity index (χ0v) is 18.1. The molecule has 4 rings (SSSR count). The van der Waals surface area contributed by atoms with Crippen LogP contribution < -0.4 is 15.8 Å². The number of hydrogen-bond acceptors (Lipinski definition) is 4. The fraction of sp³-hybridized carbons (Fsp3) is 0.320. The number of aromatic nitrogens is 2. The van der Waals surface area contributed by atoms with Crippen molar-refractivity contribution in [2.24, 2.45) is 5.92 Å². The summed E-state index contributed by atoms with van der Waals surface area (Å²) in [6.45, 7) is 3.61. The van der Waals surface area contributed by atoms with Gasteiger partial charge in [-0.2, -0.15) is 4.68 Å². The molecule has 1 aromatic heterocycles. The number of amides is 1. The topological polar surface area (TPSA) is 67.2 Å². The lowest BCUT2D eigenvalue weighted by atomic mass is 9.96. The second-order valence-electron chi connectivity index (χ2n) is 8.03. The standard InChI is InChI=1S/C25H27FN4O2/c1-2-18-7-9-21(10-8-18)30-24(31)12-11-23(28-30)29-15-13-19(14-16-29)25(32)27-17-20-5-3-4-6-22(20)26/h3-12,19H,2,13-17H2,1H3,(H,27,32). The summed E-state index contributed by atoms with van der Waals surface area (Å²) in [4.78, 5) is 27.0. The molecular formula is C25H27FN4O2. The van der Waals surface area contributed by atoms with Crippen LogP contribution in [0.25, 0.3) is 5.69 Å². The number of carbonyl (C=O) groups excluding carboxylic acids is 1. The normalized spacial score (nSPS) is 14.4. The third-order valence-corrected chi connectivity index (χ3v) is 5.98. The highest BCUT2D eigenvalue weighted by Gasteiger charge is 2.26. The van der Waals surface area contributed by atoms with Crippen molar-refractivity contribution in [3.8, 4) is 5.69 Å². The first-order chi connectivity index (χ1) is 15.5. The van der Waals surface area contributed by atoms with Gasteiger partial charge in [0.25, 0.3) is 5.56 Å². The van der Waals surface area contributed by atoms with Crippen molar-refractivity contribution in [1.29, 1.82) is 0 Å².